The molecule has 1 aliphatic heterocycles. The fourth-order valence-electron chi connectivity index (χ4n) is 2.05. The van der Waals surface area contributed by atoms with Crippen molar-refractivity contribution >= 4 is 5.82 Å². The van der Waals surface area contributed by atoms with Crippen LogP contribution in [0, 0.1) is 19.8 Å². The van der Waals surface area contributed by atoms with E-state index in [0.29, 0.717) is 5.92 Å². The summed E-state index contributed by atoms with van der Waals surface area (Å²) in [5.74, 6) is 2.34. The van der Waals surface area contributed by atoms with Crippen molar-refractivity contribution in [1.82, 2.24) is 9.97 Å². The zero-order valence-corrected chi connectivity index (χ0v) is 10.5. The minimum Gasteiger partial charge on any atom is -0.353 e. The Balaban J connectivity index is 2.12. The third-order valence-corrected chi connectivity index (χ3v) is 3.40. The van der Waals surface area contributed by atoms with Gasteiger partial charge in [-0.1, -0.05) is 13.8 Å². The van der Waals surface area contributed by atoms with Gasteiger partial charge < -0.3 is 10.6 Å². The number of nitrogens with two attached hydrogens (primary N) is 1. The molecule has 2 heterocycles. The molecule has 0 aliphatic carbocycles. The minimum absolute atomic E-state index is 0.0488. The van der Waals surface area contributed by atoms with Crippen molar-refractivity contribution in [2.24, 2.45) is 11.7 Å². The van der Waals surface area contributed by atoms with Crippen LogP contribution in [0.25, 0.3) is 0 Å². The first kappa shape index (κ1) is 11.3. The second kappa shape index (κ2) is 3.70. The van der Waals surface area contributed by atoms with E-state index in [1.54, 1.807) is 0 Å². The van der Waals surface area contributed by atoms with Gasteiger partial charge in [0.05, 0.1) is 5.54 Å². The molecule has 0 aromatic carbocycles. The highest BCUT2D eigenvalue weighted by Crippen LogP contribution is 2.29. The van der Waals surface area contributed by atoms with Crippen LogP contribution in [0.15, 0.2) is 6.07 Å². The van der Waals surface area contributed by atoms with Crippen LogP contribution in [0.1, 0.15) is 25.4 Å². The fourth-order valence-corrected chi connectivity index (χ4v) is 2.05. The fraction of sp³-hybridized carbons (Fsp3) is 0.667. The van der Waals surface area contributed by atoms with Crippen LogP contribution in [0.5, 0.6) is 0 Å². The van der Waals surface area contributed by atoms with Crippen molar-refractivity contribution in [3.05, 3.63) is 17.6 Å². The highest BCUT2D eigenvalue weighted by atomic mass is 15.3. The molecule has 1 fully saturated rings. The first-order valence-electron chi connectivity index (χ1n) is 5.77. The average Bonchev–Trinajstić information content (AvgIpc) is 2.10. The molecule has 0 amide bonds. The molecule has 1 aromatic rings. The Morgan fingerprint density at radius 2 is 1.94 bits per heavy atom. The van der Waals surface area contributed by atoms with E-state index in [4.69, 9.17) is 5.73 Å². The first-order chi connectivity index (χ1) is 7.40. The van der Waals surface area contributed by atoms with Crippen LogP contribution in [0.4, 0.5) is 5.82 Å². The van der Waals surface area contributed by atoms with Gasteiger partial charge in [0.15, 0.2) is 0 Å². The molecule has 0 saturated carbocycles. The average molecular weight is 220 g/mol. The maximum absolute atomic E-state index is 6.26. The summed E-state index contributed by atoms with van der Waals surface area (Å²) in [7, 11) is 0. The second-order valence-electron chi connectivity index (χ2n) is 5.16. The highest BCUT2D eigenvalue weighted by Gasteiger charge is 2.42. The Labute approximate surface area is 96.9 Å². The standard InChI is InChI=1S/C12H20N4/c1-8(2)12(13)6-16(7-12)11-5-9(3)14-10(4)15-11/h5,8H,6-7,13H2,1-4H3. The summed E-state index contributed by atoms with van der Waals surface area (Å²) >= 11 is 0. The predicted octanol–water partition coefficient (Wildman–Crippen LogP) is 1.27. The zero-order valence-electron chi connectivity index (χ0n) is 10.5. The molecule has 1 aromatic heterocycles. The Bertz CT molecular complexity index is 374. The monoisotopic (exact) mass is 220 g/mol. The maximum atomic E-state index is 6.26. The zero-order chi connectivity index (χ0) is 11.9. The molecule has 2 rings (SSSR count). The number of rotatable bonds is 2. The topological polar surface area (TPSA) is 55.0 Å². The summed E-state index contributed by atoms with van der Waals surface area (Å²) in [6.07, 6.45) is 0. The number of aryl methyl sites for hydroxylation is 2. The van der Waals surface area contributed by atoms with Crippen LogP contribution in [0.2, 0.25) is 0 Å². The van der Waals surface area contributed by atoms with E-state index in [-0.39, 0.29) is 5.54 Å². The molecule has 2 N–H and O–H groups in total. The lowest BCUT2D eigenvalue weighted by molar-refractivity contribution is 0.243. The van der Waals surface area contributed by atoms with Crippen molar-refractivity contribution in [2.75, 3.05) is 18.0 Å². The Hall–Kier alpha value is -1.16. The van der Waals surface area contributed by atoms with E-state index in [1.165, 1.54) is 0 Å². The SMILES string of the molecule is Cc1cc(N2CC(N)(C(C)C)C2)nc(C)n1. The van der Waals surface area contributed by atoms with Gasteiger partial charge in [-0.3, -0.25) is 0 Å². The third kappa shape index (κ3) is 1.89. The van der Waals surface area contributed by atoms with E-state index in [1.807, 2.05) is 19.9 Å². The maximum Gasteiger partial charge on any atom is 0.132 e. The van der Waals surface area contributed by atoms with E-state index >= 15 is 0 Å². The molecule has 1 aliphatic rings. The molecular formula is C12H20N4. The molecule has 0 unspecified atom stereocenters. The van der Waals surface area contributed by atoms with E-state index < -0.39 is 0 Å². The molecule has 0 spiro atoms. The summed E-state index contributed by atoms with van der Waals surface area (Å²) in [5.41, 5.74) is 7.23. The Morgan fingerprint density at radius 3 is 2.44 bits per heavy atom. The summed E-state index contributed by atoms with van der Waals surface area (Å²) in [4.78, 5) is 10.9. The molecule has 0 radical (unpaired) electrons. The number of nitrogens with zero attached hydrogens (tertiary/aromatic N) is 3. The predicted molar refractivity (Wildman–Crippen MR) is 65.5 cm³/mol. The smallest absolute Gasteiger partial charge is 0.132 e. The van der Waals surface area contributed by atoms with Gasteiger partial charge in [-0.05, 0) is 19.8 Å². The van der Waals surface area contributed by atoms with Crippen LogP contribution in [-0.2, 0) is 0 Å². The van der Waals surface area contributed by atoms with Gasteiger partial charge in [0.1, 0.15) is 11.6 Å². The van der Waals surface area contributed by atoms with Crippen molar-refractivity contribution < 1.29 is 0 Å². The summed E-state index contributed by atoms with van der Waals surface area (Å²) in [5, 5.41) is 0. The number of aromatic nitrogens is 2. The molecule has 16 heavy (non-hydrogen) atoms. The van der Waals surface area contributed by atoms with Crippen LogP contribution in [-0.4, -0.2) is 28.6 Å². The van der Waals surface area contributed by atoms with Gasteiger partial charge in [-0.25, -0.2) is 9.97 Å². The van der Waals surface area contributed by atoms with E-state index in [0.717, 1.165) is 30.4 Å². The molecular weight excluding hydrogens is 200 g/mol. The third-order valence-electron chi connectivity index (χ3n) is 3.40. The largest absolute Gasteiger partial charge is 0.353 e. The second-order valence-corrected chi connectivity index (χ2v) is 5.16. The Morgan fingerprint density at radius 1 is 1.31 bits per heavy atom. The minimum atomic E-state index is -0.0488. The van der Waals surface area contributed by atoms with Crippen molar-refractivity contribution in [1.29, 1.82) is 0 Å². The van der Waals surface area contributed by atoms with Gasteiger partial charge in [0, 0.05) is 24.8 Å². The van der Waals surface area contributed by atoms with Crippen LogP contribution >= 0.6 is 0 Å². The van der Waals surface area contributed by atoms with Crippen molar-refractivity contribution in [3.8, 4) is 0 Å². The van der Waals surface area contributed by atoms with Gasteiger partial charge in [-0.2, -0.15) is 0 Å². The van der Waals surface area contributed by atoms with E-state index in [2.05, 4.69) is 28.7 Å². The molecule has 88 valence electrons. The van der Waals surface area contributed by atoms with Gasteiger partial charge >= 0.3 is 0 Å². The number of anilines is 1. The number of hydrogen-bond donors (Lipinski definition) is 1. The Kier molecular flexibility index (Phi) is 2.62. The molecule has 4 heteroatoms. The highest BCUT2D eigenvalue weighted by molar-refractivity contribution is 5.45. The summed E-state index contributed by atoms with van der Waals surface area (Å²) < 4.78 is 0. The lowest BCUT2D eigenvalue weighted by Gasteiger charge is -2.51. The van der Waals surface area contributed by atoms with E-state index in [9.17, 15) is 0 Å². The number of hydrogen-bond acceptors (Lipinski definition) is 4. The van der Waals surface area contributed by atoms with Gasteiger partial charge in [0.25, 0.3) is 0 Å². The molecule has 0 atom stereocenters. The summed E-state index contributed by atoms with van der Waals surface area (Å²) in [6, 6.07) is 2.02. The molecule has 0 bridgehead atoms. The lowest BCUT2D eigenvalue weighted by atomic mass is 9.80. The lowest BCUT2D eigenvalue weighted by Crippen LogP contribution is -2.70. The quantitative estimate of drug-likeness (QED) is 0.815. The molecule has 1 saturated heterocycles. The van der Waals surface area contributed by atoms with Crippen LogP contribution in [0.3, 0.4) is 0 Å². The van der Waals surface area contributed by atoms with Gasteiger partial charge in [-0.15, -0.1) is 0 Å². The van der Waals surface area contributed by atoms with Crippen LogP contribution < -0.4 is 10.6 Å². The van der Waals surface area contributed by atoms with Crippen molar-refractivity contribution in [2.45, 2.75) is 33.2 Å². The first-order valence-corrected chi connectivity index (χ1v) is 5.77. The molecule has 4 nitrogen and oxygen atoms in total. The summed E-state index contributed by atoms with van der Waals surface area (Å²) in [6.45, 7) is 10.0. The normalized spacial score (nSPS) is 18.8. The van der Waals surface area contributed by atoms with Gasteiger partial charge in [0.2, 0.25) is 0 Å². The van der Waals surface area contributed by atoms with Crippen molar-refractivity contribution in [3.63, 3.8) is 0 Å².